The van der Waals surface area contributed by atoms with E-state index >= 15 is 0 Å². The first-order valence-corrected chi connectivity index (χ1v) is 13.1. The van der Waals surface area contributed by atoms with Crippen molar-refractivity contribution >= 4 is 33.4 Å². The molecule has 1 saturated carbocycles. The first kappa shape index (κ1) is 25.4. The Kier molecular flexibility index (Phi) is 8.68. The molecule has 1 fully saturated rings. The van der Waals surface area contributed by atoms with Crippen molar-refractivity contribution < 1.29 is 22.7 Å². The number of ketones is 1. The summed E-state index contributed by atoms with van der Waals surface area (Å²) < 4.78 is 32.9. The van der Waals surface area contributed by atoms with Crippen LogP contribution in [0.3, 0.4) is 0 Å². The third-order valence-corrected chi connectivity index (χ3v) is 7.64. The standard InChI is InChI=1S/C25H30ClNO5S/c1-17(2)24(27-33(30,31)22-10-6-9-21(26)15-22)25(29)32-16-23(28)20-13-11-19(12-14-20)18-7-4-3-5-8-18/h6,9-15,17-18,24,27H,3-5,7-8,16H2,1-2H3/t24-/m1/s1. The Balaban J connectivity index is 1.60. The second-order valence-corrected chi connectivity index (χ2v) is 10.9. The second-order valence-electron chi connectivity index (χ2n) is 8.79. The molecule has 0 saturated heterocycles. The molecule has 2 aromatic rings. The van der Waals surface area contributed by atoms with Gasteiger partial charge in [-0.2, -0.15) is 4.72 Å². The number of carbonyl (C=O) groups is 2. The van der Waals surface area contributed by atoms with Crippen LogP contribution < -0.4 is 4.72 Å². The third-order valence-electron chi connectivity index (χ3n) is 5.96. The molecule has 1 atom stereocenters. The number of carbonyl (C=O) groups excluding carboxylic acids is 2. The molecule has 0 radical (unpaired) electrons. The van der Waals surface area contributed by atoms with E-state index in [0.29, 0.717) is 11.5 Å². The Morgan fingerprint density at radius 2 is 1.73 bits per heavy atom. The van der Waals surface area contributed by atoms with E-state index in [1.54, 1.807) is 32.0 Å². The number of sulfonamides is 1. The lowest BCUT2D eigenvalue weighted by molar-refractivity contribution is -0.145. The highest BCUT2D eigenvalue weighted by Gasteiger charge is 2.30. The minimum atomic E-state index is -4.00. The molecule has 1 N–H and O–H groups in total. The van der Waals surface area contributed by atoms with E-state index in [4.69, 9.17) is 16.3 Å². The minimum absolute atomic E-state index is 0.0532. The maximum absolute atomic E-state index is 12.7. The van der Waals surface area contributed by atoms with Gasteiger partial charge in [0, 0.05) is 10.6 Å². The van der Waals surface area contributed by atoms with Crippen molar-refractivity contribution in [3.05, 3.63) is 64.7 Å². The number of hydrogen-bond donors (Lipinski definition) is 1. The average molecular weight is 492 g/mol. The lowest BCUT2D eigenvalue weighted by atomic mass is 9.84. The Morgan fingerprint density at radius 3 is 2.33 bits per heavy atom. The van der Waals surface area contributed by atoms with Crippen molar-refractivity contribution in [2.75, 3.05) is 6.61 Å². The van der Waals surface area contributed by atoms with Gasteiger partial charge in [0.1, 0.15) is 6.04 Å². The van der Waals surface area contributed by atoms with E-state index in [-0.39, 0.29) is 15.7 Å². The normalized spacial score (nSPS) is 15.9. The molecule has 3 rings (SSSR count). The van der Waals surface area contributed by atoms with Crippen molar-refractivity contribution in [2.45, 2.75) is 62.8 Å². The smallest absolute Gasteiger partial charge is 0.324 e. The van der Waals surface area contributed by atoms with Gasteiger partial charge < -0.3 is 4.74 Å². The fourth-order valence-electron chi connectivity index (χ4n) is 4.01. The van der Waals surface area contributed by atoms with Crippen LogP contribution in [0.4, 0.5) is 0 Å². The van der Waals surface area contributed by atoms with E-state index in [9.17, 15) is 18.0 Å². The van der Waals surface area contributed by atoms with Gasteiger partial charge in [0.2, 0.25) is 10.0 Å². The third kappa shape index (κ3) is 6.88. The van der Waals surface area contributed by atoms with Gasteiger partial charge in [-0.3, -0.25) is 9.59 Å². The molecule has 0 aliphatic heterocycles. The summed E-state index contributed by atoms with van der Waals surface area (Å²) in [6.07, 6.45) is 6.10. The van der Waals surface area contributed by atoms with Crippen LogP contribution in [0.25, 0.3) is 0 Å². The molecule has 8 heteroatoms. The van der Waals surface area contributed by atoms with E-state index < -0.39 is 34.6 Å². The summed E-state index contributed by atoms with van der Waals surface area (Å²) in [6.45, 7) is 2.93. The summed E-state index contributed by atoms with van der Waals surface area (Å²) in [6, 6.07) is 12.1. The molecule has 0 heterocycles. The Morgan fingerprint density at radius 1 is 1.06 bits per heavy atom. The maximum Gasteiger partial charge on any atom is 0.324 e. The van der Waals surface area contributed by atoms with Crippen molar-refractivity contribution in [2.24, 2.45) is 5.92 Å². The molecule has 178 valence electrons. The lowest BCUT2D eigenvalue weighted by Gasteiger charge is -2.22. The molecular weight excluding hydrogens is 462 g/mol. The minimum Gasteiger partial charge on any atom is -0.456 e. The molecule has 0 bridgehead atoms. The largest absolute Gasteiger partial charge is 0.456 e. The number of benzene rings is 2. The second kappa shape index (κ2) is 11.3. The molecule has 1 aliphatic rings. The number of rotatable bonds is 9. The molecule has 0 unspecified atom stereocenters. The van der Waals surface area contributed by atoms with Crippen LogP contribution in [-0.4, -0.2) is 32.8 Å². The van der Waals surface area contributed by atoms with Gasteiger partial charge in [-0.25, -0.2) is 8.42 Å². The molecule has 0 aromatic heterocycles. The predicted molar refractivity (Wildman–Crippen MR) is 128 cm³/mol. The van der Waals surface area contributed by atoms with Gasteiger partial charge in [-0.1, -0.05) is 75.0 Å². The first-order chi connectivity index (χ1) is 15.7. The van der Waals surface area contributed by atoms with Gasteiger partial charge >= 0.3 is 5.97 Å². The van der Waals surface area contributed by atoms with E-state index in [1.165, 1.54) is 55.9 Å². The fraction of sp³-hybridized carbons (Fsp3) is 0.440. The van der Waals surface area contributed by atoms with Crippen molar-refractivity contribution in [1.29, 1.82) is 0 Å². The zero-order valence-electron chi connectivity index (χ0n) is 18.9. The molecule has 33 heavy (non-hydrogen) atoms. The number of hydrogen-bond acceptors (Lipinski definition) is 5. The summed E-state index contributed by atoms with van der Waals surface area (Å²) >= 11 is 5.89. The highest BCUT2D eigenvalue weighted by molar-refractivity contribution is 7.89. The predicted octanol–water partition coefficient (Wildman–Crippen LogP) is 5.12. The summed E-state index contributed by atoms with van der Waals surface area (Å²) in [4.78, 5) is 25.1. The molecule has 6 nitrogen and oxygen atoms in total. The highest BCUT2D eigenvalue weighted by atomic mass is 35.5. The van der Waals surface area contributed by atoms with E-state index in [0.717, 1.165) is 0 Å². The van der Waals surface area contributed by atoms with Crippen LogP contribution in [0.1, 0.15) is 67.8 Å². The first-order valence-electron chi connectivity index (χ1n) is 11.2. The quantitative estimate of drug-likeness (QED) is 0.388. The zero-order valence-corrected chi connectivity index (χ0v) is 20.5. The van der Waals surface area contributed by atoms with Gasteiger partial charge in [-0.05, 0) is 48.4 Å². The van der Waals surface area contributed by atoms with Crippen LogP contribution in [0, 0.1) is 5.92 Å². The summed E-state index contributed by atoms with van der Waals surface area (Å²) in [7, 11) is -4.00. The Hall–Kier alpha value is -2.22. The summed E-state index contributed by atoms with van der Waals surface area (Å²) in [5.74, 6) is -0.988. The topological polar surface area (TPSA) is 89.5 Å². The monoisotopic (exact) mass is 491 g/mol. The lowest BCUT2D eigenvalue weighted by Crippen LogP contribution is -2.45. The number of ether oxygens (including phenoxy) is 1. The van der Waals surface area contributed by atoms with E-state index in [1.807, 2.05) is 12.1 Å². The SMILES string of the molecule is CC(C)[C@@H](NS(=O)(=O)c1cccc(Cl)c1)C(=O)OCC(=O)c1ccc(C2CCCCC2)cc1. The molecule has 2 aromatic carbocycles. The number of halogens is 1. The number of Topliss-reactive ketones (excluding diaryl/α,β-unsaturated/α-hetero) is 1. The molecule has 0 spiro atoms. The van der Waals surface area contributed by atoms with Crippen LogP contribution in [0.15, 0.2) is 53.4 Å². The van der Waals surface area contributed by atoms with Crippen molar-refractivity contribution in [3.8, 4) is 0 Å². The van der Waals surface area contributed by atoms with Crippen LogP contribution in [0.2, 0.25) is 5.02 Å². The highest BCUT2D eigenvalue weighted by Crippen LogP contribution is 2.32. The number of esters is 1. The fourth-order valence-corrected chi connectivity index (χ4v) is 5.65. The Bertz CT molecular complexity index is 1080. The molecule has 1 aliphatic carbocycles. The maximum atomic E-state index is 12.7. The average Bonchev–Trinajstić information content (AvgIpc) is 2.81. The van der Waals surface area contributed by atoms with E-state index in [2.05, 4.69) is 4.72 Å². The van der Waals surface area contributed by atoms with Gasteiger partial charge in [0.25, 0.3) is 0 Å². The van der Waals surface area contributed by atoms with Crippen LogP contribution >= 0.6 is 11.6 Å². The van der Waals surface area contributed by atoms with Gasteiger partial charge in [0.05, 0.1) is 4.90 Å². The molecule has 0 amide bonds. The molecular formula is C25H30ClNO5S. The summed E-state index contributed by atoms with van der Waals surface area (Å²) in [5.41, 5.74) is 1.70. The van der Waals surface area contributed by atoms with Crippen molar-refractivity contribution in [3.63, 3.8) is 0 Å². The van der Waals surface area contributed by atoms with Gasteiger partial charge in [-0.15, -0.1) is 0 Å². The van der Waals surface area contributed by atoms with Crippen molar-refractivity contribution in [1.82, 2.24) is 4.72 Å². The van der Waals surface area contributed by atoms with Crippen LogP contribution in [0.5, 0.6) is 0 Å². The Labute approximate surface area is 200 Å². The van der Waals surface area contributed by atoms with Crippen LogP contribution in [-0.2, 0) is 19.6 Å². The summed E-state index contributed by atoms with van der Waals surface area (Å²) in [5, 5.41) is 0.265. The van der Waals surface area contributed by atoms with Gasteiger partial charge in [0.15, 0.2) is 12.4 Å². The zero-order chi connectivity index (χ0) is 24.0. The number of nitrogens with one attached hydrogen (secondary N) is 1.